The van der Waals surface area contributed by atoms with Gasteiger partial charge in [-0.1, -0.05) is 12.1 Å². The van der Waals surface area contributed by atoms with Crippen molar-refractivity contribution < 1.29 is 9.18 Å². The maximum Gasteiger partial charge on any atom is 0.253 e. The Hall–Kier alpha value is -3.54. The van der Waals surface area contributed by atoms with Crippen LogP contribution in [0.2, 0.25) is 0 Å². The Morgan fingerprint density at radius 3 is 2.84 bits per heavy atom. The van der Waals surface area contributed by atoms with Crippen molar-refractivity contribution in [1.29, 1.82) is 0 Å². The number of aryl methyl sites for hydroxylation is 1. The average molecular weight is 414 g/mol. The van der Waals surface area contributed by atoms with E-state index in [0.717, 1.165) is 47.1 Å². The summed E-state index contributed by atoms with van der Waals surface area (Å²) in [6.45, 7) is 3.21. The van der Waals surface area contributed by atoms with Gasteiger partial charge in [-0.15, -0.1) is 0 Å². The minimum Gasteiger partial charge on any atom is -0.361 e. The molecule has 3 heterocycles. The van der Waals surface area contributed by atoms with Crippen LogP contribution in [0, 0.1) is 12.7 Å². The first-order valence-corrected chi connectivity index (χ1v) is 10.5. The van der Waals surface area contributed by atoms with Crippen LogP contribution in [0.5, 0.6) is 0 Å². The molecule has 2 aromatic carbocycles. The number of aromatic nitrogens is 3. The zero-order valence-corrected chi connectivity index (χ0v) is 17.3. The topological polar surface area (TPSA) is 61.9 Å². The number of aromatic amines is 1. The third-order valence-corrected chi connectivity index (χ3v) is 5.99. The van der Waals surface area contributed by atoms with Crippen LogP contribution >= 0.6 is 0 Å². The normalized spacial score (nSPS) is 16.6. The van der Waals surface area contributed by atoms with Gasteiger partial charge in [-0.2, -0.15) is 0 Å². The molecule has 31 heavy (non-hydrogen) atoms. The number of nitrogens with zero attached hydrogens (tertiary/aromatic N) is 3. The van der Waals surface area contributed by atoms with Gasteiger partial charge in [0.2, 0.25) is 0 Å². The van der Waals surface area contributed by atoms with Gasteiger partial charge < -0.3 is 9.88 Å². The Bertz CT molecular complexity index is 1250. The molecule has 156 valence electrons. The number of carbonyl (C=O) groups excluding carboxylic acids is 1. The molecule has 1 aliphatic rings. The Morgan fingerprint density at radius 2 is 2.00 bits per heavy atom. The lowest BCUT2D eigenvalue weighted by Gasteiger charge is -2.33. The molecule has 0 unspecified atom stereocenters. The van der Waals surface area contributed by atoms with Crippen molar-refractivity contribution in [3.8, 4) is 11.1 Å². The summed E-state index contributed by atoms with van der Waals surface area (Å²) in [5.41, 5.74) is 4.44. The molecular weight excluding hydrogens is 391 g/mol. The summed E-state index contributed by atoms with van der Waals surface area (Å²) in [6, 6.07) is 14.2. The number of halogens is 1. The van der Waals surface area contributed by atoms with Gasteiger partial charge in [0.15, 0.2) is 0 Å². The summed E-state index contributed by atoms with van der Waals surface area (Å²) in [4.78, 5) is 27.4. The summed E-state index contributed by atoms with van der Waals surface area (Å²) in [6.07, 6.45) is 5.55. The summed E-state index contributed by atoms with van der Waals surface area (Å²) in [5, 5.41) is 1.03. The number of rotatable bonds is 3. The Morgan fingerprint density at radius 1 is 1.16 bits per heavy atom. The quantitative estimate of drug-likeness (QED) is 0.508. The van der Waals surface area contributed by atoms with E-state index in [1.54, 1.807) is 12.1 Å². The maximum absolute atomic E-state index is 13.4. The van der Waals surface area contributed by atoms with E-state index < -0.39 is 0 Å². The van der Waals surface area contributed by atoms with E-state index in [1.165, 1.54) is 12.1 Å². The van der Waals surface area contributed by atoms with Crippen LogP contribution in [0.1, 0.15) is 40.6 Å². The fraction of sp³-hybridized carbons (Fsp3) is 0.240. The predicted octanol–water partition coefficient (Wildman–Crippen LogP) is 5.09. The fourth-order valence-electron chi connectivity index (χ4n) is 4.40. The van der Waals surface area contributed by atoms with E-state index in [9.17, 15) is 9.18 Å². The second-order valence-corrected chi connectivity index (χ2v) is 8.09. The highest BCUT2D eigenvalue weighted by molar-refractivity contribution is 5.98. The molecule has 5 rings (SSSR count). The van der Waals surface area contributed by atoms with Crippen molar-refractivity contribution in [1.82, 2.24) is 19.9 Å². The number of hydrogen-bond acceptors (Lipinski definition) is 3. The summed E-state index contributed by atoms with van der Waals surface area (Å²) < 4.78 is 13.4. The molecule has 0 bridgehead atoms. The van der Waals surface area contributed by atoms with E-state index >= 15 is 0 Å². The molecule has 5 nitrogen and oxygen atoms in total. The summed E-state index contributed by atoms with van der Waals surface area (Å²) in [5.74, 6) is 0.576. The Kier molecular flexibility index (Phi) is 4.98. The second-order valence-electron chi connectivity index (χ2n) is 8.09. The van der Waals surface area contributed by atoms with E-state index in [-0.39, 0.29) is 17.6 Å². The van der Waals surface area contributed by atoms with Crippen molar-refractivity contribution in [3.05, 3.63) is 83.8 Å². The molecule has 1 saturated heterocycles. The first-order valence-electron chi connectivity index (χ1n) is 10.5. The van der Waals surface area contributed by atoms with Crippen LogP contribution in [0.25, 0.3) is 22.0 Å². The number of amides is 1. The minimum absolute atomic E-state index is 0.0434. The highest BCUT2D eigenvalue weighted by Crippen LogP contribution is 2.33. The molecule has 1 fully saturated rings. The minimum atomic E-state index is -0.271. The first-order chi connectivity index (χ1) is 15.1. The van der Waals surface area contributed by atoms with Gasteiger partial charge in [0.1, 0.15) is 11.6 Å². The highest BCUT2D eigenvalue weighted by Gasteiger charge is 2.28. The van der Waals surface area contributed by atoms with Gasteiger partial charge in [0, 0.05) is 53.4 Å². The molecule has 6 heteroatoms. The predicted molar refractivity (Wildman–Crippen MR) is 118 cm³/mol. The third kappa shape index (κ3) is 3.81. The molecule has 2 aromatic heterocycles. The smallest absolute Gasteiger partial charge is 0.253 e. The van der Waals surface area contributed by atoms with Crippen molar-refractivity contribution in [2.24, 2.45) is 0 Å². The molecule has 0 radical (unpaired) electrons. The average Bonchev–Trinajstić information content (AvgIpc) is 3.27. The van der Waals surface area contributed by atoms with Crippen LogP contribution in [0.4, 0.5) is 4.39 Å². The number of piperidine rings is 1. The Labute approximate surface area is 180 Å². The van der Waals surface area contributed by atoms with Gasteiger partial charge >= 0.3 is 0 Å². The molecule has 1 N–H and O–H groups in total. The summed E-state index contributed by atoms with van der Waals surface area (Å²) >= 11 is 0. The van der Waals surface area contributed by atoms with Crippen molar-refractivity contribution in [2.75, 3.05) is 13.1 Å². The monoisotopic (exact) mass is 414 g/mol. The van der Waals surface area contributed by atoms with Crippen molar-refractivity contribution in [3.63, 3.8) is 0 Å². The van der Waals surface area contributed by atoms with E-state index in [0.29, 0.717) is 17.9 Å². The zero-order valence-electron chi connectivity index (χ0n) is 17.3. The molecule has 0 saturated carbocycles. The fourth-order valence-corrected chi connectivity index (χ4v) is 4.40. The molecule has 1 amide bonds. The molecule has 1 atom stereocenters. The molecule has 1 aliphatic heterocycles. The van der Waals surface area contributed by atoms with Crippen molar-refractivity contribution in [2.45, 2.75) is 25.7 Å². The van der Waals surface area contributed by atoms with Crippen LogP contribution < -0.4 is 0 Å². The van der Waals surface area contributed by atoms with Gasteiger partial charge in [-0.3, -0.25) is 4.79 Å². The SMILES string of the molecule is Cc1ncc(-c2ccc(F)cc2)c([C@@H]2CCCN(C(=O)c3ccc4[nH]ccc4c3)C2)n1. The number of likely N-dealkylation sites (tertiary alicyclic amines) is 1. The number of nitrogens with one attached hydrogen (secondary N) is 1. The lowest BCUT2D eigenvalue weighted by atomic mass is 9.89. The van der Waals surface area contributed by atoms with E-state index in [2.05, 4.69) is 9.97 Å². The first kappa shape index (κ1) is 19.4. The highest BCUT2D eigenvalue weighted by atomic mass is 19.1. The standard InChI is InChI=1S/C25H23FN4O/c1-16-28-14-22(17-4-7-21(26)8-5-17)24(29-16)20-3-2-12-30(15-20)25(31)19-6-9-23-18(13-19)10-11-27-23/h4-11,13-14,20,27H,2-3,12,15H2,1H3/t20-/m1/s1. The van der Waals surface area contributed by atoms with Gasteiger partial charge in [-0.05, 0) is 61.7 Å². The molecule has 0 aliphatic carbocycles. The lowest BCUT2D eigenvalue weighted by Crippen LogP contribution is -2.39. The molecule has 4 aromatic rings. The molecule has 0 spiro atoms. The zero-order chi connectivity index (χ0) is 21.4. The van der Waals surface area contributed by atoms with Crippen molar-refractivity contribution >= 4 is 16.8 Å². The third-order valence-electron chi connectivity index (χ3n) is 5.99. The summed E-state index contributed by atoms with van der Waals surface area (Å²) in [7, 11) is 0. The Balaban J connectivity index is 1.44. The number of fused-ring (bicyclic) bond motifs is 1. The number of benzene rings is 2. The number of H-pyrrole nitrogens is 1. The van der Waals surface area contributed by atoms with Gasteiger partial charge in [0.25, 0.3) is 5.91 Å². The van der Waals surface area contributed by atoms with Gasteiger partial charge in [-0.25, -0.2) is 14.4 Å². The van der Waals surface area contributed by atoms with Crippen LogP contribution in [-0.4, -0.2) is 38.8 Å². The van der Waals surface area contributed by atoms with Crippen LogP contribution in [-0.2, 0) is 0 Å². The maximum atomic E-state index is 13.4. The number of hydrogen-bond donors (Lipinski definition) is 1. The number of carbonyl (C=O) groups is 1. The van der Waals surface area contributed by atoms with Crippen LogP contribution in [0.3, 0.4) is 0 Å². The lowest BCUT2D eigenvalue weighted by molar-refractivity contribution is 0.0706. The van der Waals surface area contributed by atoms with E-state index in [1.807, 2.05) is 48.5 Å². The molecular formula is C25H23FN4O. The second kappa shape index (κ2) is 7.95. The van der Waals surface area contributed by atoms with Gasteiger partial charge in [0.05, 0.1) is 5.69 Å². The van der Waals surface area contributed by atoms with Crippen LogP contribution in [0.15, 0.2) is 60.9 Å². The largest absolute Gasteiger partial charge is 0.361 e. The van der Waals surface area contributed by atoms with E-state index in [4.69, 9.17) is 4.98 Å².